The van der Waals surface area contributed by atoms with E-state index in [9.17, 15) is 0 Å². The lowest BCUT2D eigenvalue weighted by atomic mass is 9.97. The SMILES string of the molecule is Cc1cc(C2C(c3ccccn3)NC(=S)N2CCN(C)C)c(C)[nH]1. The molecule has 0 amide bonds. The maximum absolute atomic E-state index is 5.65. The van der Waals surface area contributed by atoms with E-state index >= 15 is 0 Å². The van der Waals surface area contributed by atoms with Crippen LogP contribution in [-0.4, -0.2) is 52.1 Å². The molecule has 2 unspecified atom stereocenters. The summed E-state index contributed by atoms with van der Waals surface area (Å²) in [5.74, 6) is 0. The maximum atomic E-state index is 5.65. The van der Waals surface area contributed by atoms with Crippen molar-refractivity contribution in [2.24, 2.45) is 0 Å². The summed E-state index contributed by atoms with van der Waals surface area (Å²) < 4.78 is 0. The second-order valence-electron chi connectivity index (χ2n) is 6.66. The lowest BCUT2D eigenvalue weighted by Crippen LogP contribution is -2.35. The van der Waals surface area contributed by atoms with Gasteiger partial charge >= 0.3 is 0 Å². The molecule has 2 aromatic rings. The standard InChI is InChI=1S/C18H25N5S/c1-12-11-14(13(2)20-12)17-16(15-7-5-6-8-19-15)21-18(24)23(17)10-9-22(3)4/h5-8,11,16-17,20H,9-10H2,1-4H3,(H,21,24). The van der Waals surface area contributed by atoms with E-state index in [1.165, 1.54) is 17.0 Å². The molecule has 1 aliphatic heterocycles. The van der Waals surface area contributed by atoms with Gasteiger partial charge in [0, 0.05) is 30.7 Å². The van der Waals surface area contributed by atoms with Gasteiger partial charge in [0.05, 0.1) is 17.8 Å². The molecule has 0 radical (unpaired) electrons. The average Bonchev–Trinajstić information content (AvgIpc) is 3.04. The summed E-state index contributed by atoms with van der Waals surface area (Å²) in [6.45, 7) is 6.06. The topological polar surface area (TPSA) is 47.2 Å². The largest absolute Gasteiger partial charge is 0.362 e. The number of thiocarbonyl (C=S) groups is 1. The summed E-state index contributed by atoms with van der Waals surface area (Å²) in [5.41, 5.74) is 4.68. The zero-order chi connectivity index (χ0) is 17.3. The van der Waals surface area contributed by atoms with E-state index in [1.54, 1.807) is 0 Å². The summed E-state index contributed by atoms with van der Waals surface area (Å²) in [5, 5.41) is 4.29. The highest BCUT2D eigenvalue weighted by atomic mass is 32.1. The van der Waals surface area contributed by atoms with E-state index < -0.39 is 0 Å². The Morgan fingerprint density at radius 2 is 2.08 bits per heavy atom. The van der Waals surface area contributed by atoms with Crippen molar-refractivity contribution < 1.29 is 0 Å². The van der Waals surface area contributed by atoms with E-state index in [1.807, 2.05) is 18.3 Å². The van der Waals surface area contributed by atoms with Crippen molar-refractivity contribution in [3.63, 3.8) is 0 Å². The average molecular weight is 344 g/mol. The predicted molar refractivity (Wildman–Crippen MR) is 101 cm³/mol. The third-order valence-corrected chi connectivity index (χ3v) is 4.85. The zero-order valence-electron chi connectivity index (χ0n) is 14.7. The number of rotatable bonds is 5. The Bertz CT molecular complexity index is 709. The third-order valence-electron chi connectivity index (χ3n) is 4.49. The number of hydrogen-bond donors (Lipinski definition) is 2. The molecule has 0 aromatic carbocycles. The van der Waals surface area contributed by atoms with Gasteiger partial charge in [0.25, 0.3) is 0 Å². The molecule has 0 saturated carbocycles. The molecule has 5 nitrogen and oxygen atoms in total. The Hall–Kier alpha value is -1.92. The monoisotopic (exact) mass is 343 g/mol. The lowest BCUT2D eigenvalue weighted by Gasteiger charge is -2.28. The minimum Gasteiger partial charge on any atom is -0.362 e. The number of aromatic nitrogens is 2. The van der Waals surface area contributed by atoms with Crippen molar-refractivity contribution in [2.75, 3.05) is 27.2 Å². The van der Waals surface area contributed by atoms with Crippen molar-refractivity contribution in [1.29, 1.82) is 0 Å². The van der Waals surface area contributed by atoms with Gasteiger partial charge in [-0.05, 0) is 63.9 Å². The number of hydrogen-bond acceptors (Lipinski definition) is 3. The zero-order valence-corrected chi connectivity index (χ0v) is 15.5. The van der Waals surface area contributed by atoms with Gasteiger partial charge in [-0.25, -0.2) is 0 Å². The molecule has 1 aliphatic rings. The Labute approximate surface area is 149 Å². The number of likely N-dealkylation sites (N-methyl/N-ethyl adjacent to an activating group) is 1. The van der Waals surface area contributed by atoms with Crippen LogP contribution in [0.5, 0.6) is 0 Å². The number of pyridine rings is 1. The van der Waals surface area contributed by atoms with Crippen LogP contribution in [0.3, 0.4) is 0 Å². The van der Waals surface area contributed by atoms with Crippen LogP contribution < -0.4 is 5.32 Å². The molecule has 1 fully saturated rings. The first-order chi connectivity index (χ1) is 11.5. The Kier molecular flexibility index (Phi) is 4.87. The molecule has 1 saturated heterocycles. The number of aryl methyl sites for hydroxylation is 2. The molecule has 2 atom stereocenters. The van der Waals surface area contributed by atoms with Gasteiger partial charge in [0.2, 0.25) is 0 Å². The van der Waals surface area contributed by atoms with E-state index in [4.69, 9.17) is 12.2 Å². The van der Waals surface area contributed by atoms with Crippen molar-refractivity contribution in [2.45, 2.75) is 25.9 Å². The van der Waals surface area contributed by atoms with Crippen LogP contribution in [0.1, 0.15) is 34.7 Å². The number of nitrogens with zero attached hydrogens (tertiary/aromatic N) is 3. The van der Waals surface area contributed by atoms with Crippen LogP contribution >= 0.6 is 12.2 Å². The molecule has 3 rings (SSSR count). The molecule has 0 spiro atoms. The smallest absolute Gasteiger partial charge is 0.170 e. The molecule has 2 N–H and O–H groups in total. The lowest BCUT2D eigenvalue weighted by molar-refractivity contribution is 0.277. The van der Waals surface area contributed by atoms with E-state index in [0.717, 1.165) is 23.9 Å². The first kappa shape index (κ1) is 16.9. The van der Waals surface area contributed by atoms with E-state index in [-0.39, 0.29) is 12.1 Å². The highest BCUT2D eigenvalue weighted by molar-refractivity contribution is 7.80. The van der Waals surface area contributed by atoms with Crippen LogP contribution in [0, 0.1) is 13.8 Å². The Balaban J connectivity index is 1.99. The van der Waals surface area contributed by atoms with Gasteiger partial charge in [-0.2, -0.15) is 0 Å². The van der Waals surface area contributed by atoms with Gasteiger partial charge in [0.1, 0.15) is 0 Å². The van der Waals surface area contributed by atoms with Crippen molar-refractivity contribution >= 4 is 17.3 Å². The fourth-order valence-corrected chi connectivity index (χ4v) is 3.68. The van der Waals surface area contributed by atoms with Crippen molar-refractivity contribution in [3.8, 4) is 0 Å². The van der Waals surface area contributed by atoms with Gasteiger partial charge in [0.15, 0.2) is 5.11 Å². The predicted octanol–water partition coefficient (Wildman–Crippen LogP) is 2.56. The summed E-state index contributed by atoms with van der Waals surface area (Å²) >= 11 is 5.65. The molecule has 128 valence electrons. The Morgan fingerprint density at radius 3 is 2.67 bits per heavy atom. The number of nitrogens with one attached hydrogen (secondary N) is 2. The molecule has 3 heterocycles. The van der Waals surface area contributed by atoms with Gasteiger partial charge in [-0.15, -0.1) is 0 Å². The molecular weight excluding hydrogens is 318 g/mol. The number of H-pyrrole nitrogens is 1. The van der Waals surface area contributed by atoms with Crippen molar-refractivity contribution in [1.82, 2.24) is 25.1 Å². The molecular formula is C18H25N5S. The highest BCUT2D eigenvalue weighted by Crippen LogP contribution is 2.39. The minimum absolute atomic E-state index is 0.0646. The van der Waals surface area contributed by atoms with Crippen LogP contribution in [0.25, 0.3) is 0 Å². The van der Waals surface area contributed by atoms with Crippen LogP contribution in [0.15, 0.2) is 30.5 Å². The van der Waals surface area contributed by atoms with E-state index in [2.05, 4.69) is 65.2 Å². The van der Waals surface area contributed by atoms with Crippen LogP contribution in [0.2, 0.25) is 0 Å². The molecule has 0 bridgehead atoms. The fraction of sp³-hybridized carbons (Fsp3) is 0.444. The van der Waals surface area contributed by atoms with Gasteiger partial charge < -0.3 is 20.1 Å². The minimum atomic E-state index is 0.0646. The Morgan fingerprint density at radius 1 is 1.29 bits per heavy atom. The second-order valence-corrected chi connectivity index (χ2v) is 7.04. The van der Waals surface area contributed by atoms with Crippen molar-refractivity contribution in [3.05, 3.63) is 53.1 Å². The molecule has 24 heavy (non-hydrogen) atoms. The normalized spacial score (nSPS) is 20.7. The second kappa shape index (κ2) is 6.91. The third kappa shape index (κ3) is 3.30. The molecule has 6 heteroatoms. The quantitative estimate of drug-likeness (QED) is 0.817. The first-order valence-corrected chi connectivity index (χ1v) is 8.67. The molecule has 0 aliphatic carbocycles. The molecule has 2 aromatic heterocycles. The fourth-order valence-electron chi connectivity index (χ4n) is 3.35. The van der Waals surface area contributed by atoms with Crippen LogP contribution in [0.4, 0.5) is 0 Å². The summed E-state index contributed by atoms with van der Waals surface area (Å²) in [6, 6.07) is 8.49. The first-order valence-electron chi connectivity index (χ1n) is 8.26. The summed E-state index contributed by atoms with van der Waals surface area (Å²) in [7, 11) is 4.17. The van der Waals surface area contributed by atoms with Gasteiger partial charge in [-0.3, -0.25) is 4.98 Å². The summed E-state index contributed by atoms with van der Waals surface area (Å²) in [6.07, 6.45) is 1.84. The van der Waals surface area contributed by atoms with Gasteiger partial charge in [-0.1, -0.05) is 6.07 Å². The van der Waals surface area contributed by atoms with E-state index in [0.29, 0.717) is 0 Å². The van der Waals surface area contributed by atoms with Crippen LogP contribution in [-0.2, 0) is 0 Å². The highest BCUT2D eigenvalue weighted by Gasteiger charge is 2.40. The summed E-state index contributed by atoms with van der Waals surface area (Å²) in [4.78, 5) is 12.5. The number of aromatic amines is 1. The maximum Gasteiger partial charge on any atom is 0.170 e.